The van der Waals surface area contributed by atoms with E-state index < -0.39 is 0 Å². The molecule has 4 heteroatoms. The van der Waals surface area contributed by atoms with Gasteiger partial charge in [-0.2, -0.15) is 0 Å². The van der Waals surface area contributed by atoms with Crippen LogP contribution in [0, 0.1) is 0 Å². The molecule has 0 atom stereocenters. The lowest BCUT2D eigenvalue weighted by Gasteiger charge is -1.98. The fourth-order valence-corrected chi connectivity index (χ4v) is 2.19. The van der Waals surface area contributed by atoms with Crippen LogP contribution < -0.4 is 5.73 Å². The van der Waals surface area contributed by atoms with Gasteiger partial charge < -0.3 is 10.3 Å². The predicted octanol–water partition coefficient (Wildman–Crippen LogP) is 4.12. The van der Waals surface area contributed by atoms with Crippen LogP contribution in [-0.4, -0.2) is 5.16 Å². The average Bonchev–Trinajstić information content (AvgIpc) is 2.97. The van der Waals surface area contributed by atoms with Crippen LogP contribution in [0.25, 0.3) is 22.6 Å². The van der Waals surface area contributed by atoms with E-state index in [1.54, 1.807) is 0 Å². The van der Waals surface area contributed by atoms with E-state index in [2.05, 4.69) is 5.16 Å². The molecule has 3 nitrogen and oxygen atoms in total. The van der Waals surface area contributed by atoms with E-state index in [4.69, 9.17) is 21.9 Å². The minimum absolute atomic E-state index is 0.535. The maximum absolute atomic E-state index is 5.98. The molecule has 0 saturated heterocycles. The van der Waals surface area contributed by atoms with Crippen molar-refractivity contribution >= 4 is 11.6 Å². The second-order valence-corrected chi connectivity index (χ2v) is 4.92. The van der Waals surface area contributed by atoms with Gasteiger partial charge in [0.15, 0.2) is 5.76 Å². The van der Waals surface area contributed by atoms with Gasteiger partial charge in [-0.05, 0) is 17.7 Å². The minimum Gasteiger partial charge on any atom is -0.356 e. The molecule has 0 bridgehead atoms. The standard InChI is InChI=1S/C16H13ClN2O/c17-14-3-1-2-13(8-14)16-9-15(19-20-16)12-6-4-11(10-18)5-7-12/h1-9H,10,18H2. The van der Waals surface area contributed by atoms with Gasteiger partial charge in [0.1, 0.15) is 5.69 Å². The first-order valence-corrected chi connectivity index (χ1v) is 6.66. The Morgan fingerprint density at radius 1 is 1.00 bits per heavy atom. The number of nitrogens with zero attached hydrogens (tertiary/aromatic N) is 1. The summed E-state index contributed by atoms with van der Waals surface area (Å²) in [6.07, 6.45) is 0. The highest BCUT2D eigenvalue weighted by Crippen LogP contribution is 2.27. The predicted molar refractivity (Wildman–Crippen MR) is 80.3 cm³/mol. The third-order valence-corrected chi connectivity index (χ3v) is 3.34. The molecule has 0 saturated carbocycles. The van der Waals surface area contributed by atoms with Crippen LogP contribution in [0.3, 0.4) is 0 Å². The summed E-state index contributed by atoms with van der Waals surface area (Å²) in [4.78, 5) is 0. The summed E-state index contributed by atoms with van der Waals surface area (Å²) in [5.74, 6) is 0.699. The maximum atomic E-state index is 5.98. The average molecular weight is 285 g/mol. The molecule has 1 aromatic heterocycles. The Balaban J connectivity index is 1.93. The first-order chi connectivity index (χ1) is 9.76. The van der Waals surface area contributed by atoms with Gasteiger partial charge in [-0.1, -0.05) is 53.2 Å². The number of nitrogens with two attached hydrogens (primary N) is 1. The number of benzene rings is 2. The van der Waals surface area contributed by atoms with E-state index in [0.717, 1.165) is 22.4 Å². The van der Waals surface area contributed by atoms with Crippen molar-refractivity contribution < 1.29 is 4.52 Å². The zero-order chi connectivity index (χ0) is 13.9. The van der Waals surface area contributed by atoms with Gasteiger partial charge in [0.25, 0.3) is 0 Å². The minimum atomic E-state index is 0.535. The SMILES string of the molecule is NCc1ccc(-c2cc(-c3cccc(Cl)c3)on2)cc1. The van der Waals surface area contributed by atoms with E-state index in [1.807, 2.05) is 54.6 Å². The Labute approximate surface area is 122 Å². The molecule has 3 rings (SSSR count). The van der Waals surface area contributed by atoms with Gasteiger partial charge in [0.05, 0.1) is 0 Å². The highest BCUT2D eigenvalue weighted by Gasteiger charge is 2.08. The lowest BCUT2D eigenvalue weighted by molar-refractivity contribution is 0.435. The number of rotatable bonds is 3. The van der Waals surface area contributed by atoms with Gasteiger partial charge in [-0.25, -0.2) is 0 Å². The molecule has 0 aliphatic heterocycles. The Bertz CT molecular complexity index is 719. The van der Waals surface area contributed by atoms with Crippen molar-refractivity contribution in [3.63, 3.8) is 0 Å². The van der Waals surface area contributed by atoms with Crippen molar-refractivity contribution in [3.05, 3.63) is 65.2 Å². The highest BCUT2D eigenvalue weighted by molar-refractivity contribution is 6.30. The van der Waals surface area contributed by atoms with Crippen LogP contribution in [0.1, 0.15) is 5.56 Å². The summed E-state index contributed by atoms with van der Waals surface area (Å²) >= 11 is 5.98. The summed E-state index contributed by atoms with van der Waals surface area (Å²) in [6, 6.07) is 17.4. The molecule has 20 heavy (non-hydrogen) atoms. The lowest BCUT2D eigenvalue weighted by atomic mass is 10.1. The maximum Gasteiger partial charge on any atom is 0.167 e. The Morgan fingerprint density at radius 3 is 2.50 bits per heavy atom. The van der Waals surface area contributed by atoms with E-state index >= 15 is 0 Å². The van der Waals surface area contributed by atoms with Crippen LogP contribution >= 0.6 is 11.6 Å². The molecule has 1 heterocycles. The van der Waals surface area contributed by atoms with E-state index in [9.17, 15) is 0 Å². The molecule has 3 aromatic rings. The van der Waals surface area contributed by atoms with Gasteiger partial charge in [0.2, 0.25) is 0 Å². The first kappa shape index (κ1) is 12.9. The summed E-state index contributed by atoms with van der Waals surface area (Å²) < 4.78 is 5.38. The fraction of sp³-hybridized carbons (Fsp3) is 0.0625. The zero-order valence-electron chi connectivity index (χ0n) is 10.7. The van der Waals surface area contributed by atoms with Gasteiger partial charge >= 0.3 is 0 Å². The summed E-state index contributed by atoms with van der Waals surface area (Å²) in [6.45, 7) is 0.535. The molecule has 0 radical (unpaired) electrons. The zero-order valence-corrected chi connectivity index (χ0v) is 11.5. The molecule has 0 unspecified atom stereocenters. The Morgan fingerprint density at radius 2 is 1.80 bits per heavy atom. The summed E-state index contributed by atoms with van der Waals surface area (Å²) in [5.41, 5.74) is 9.38. The topological polar surface area (TPSA) is 52.0 Å². The molecule has 0 aliphatic rings. The van der Waals surface area contributed by atoms with Crippen LogP contribution in [0.5, 0.6) is 0 Å². The van der Waals surface area contributed by atoms with Gasteiger partial charge in [-0.3, -0.25) is 0 Å². The number of halogens is 1. The Kier molecular flexibility index (Phi) is 3.54. The van der Waals surface area contributed by atoms with Crippen LogP contribution in [0.15, 0.2) is 59.1 Å². The second-order valence-electron chi connectivity index (χ2n) is 4.49. The van der Waals surface area contributed by atoms with E-state index in [1.165, 1.54) is 0 Å². The van der Waals surface area contributed by atoms with Crippen LogP contribution in [0.4, 0.5) is 0 Å². The fourth-order valence-electron chi connectivity index (χ4n) is 2.00. The molecule has 0 fully saturated rings. The van der Waals surface area contributed by atoms with Crippen molar-refractivity contribution in [1.29, 1.82) is 0 Å². The molecular weight excluding hydrogens is 272 g/mol. The lowest BCUT2D eigenvalue weighted by Crippen LogP contribution is -1.95. The monoisotopic (exact) mass is 284 g/mol. The smallest absolute Gasteiger partial charge is 0.167 e. The molecule has 2 N–H and O–H groups in total. The first-order valence-electron chi connectivity index (χ1n) is 6.28. The third kappa shape index (κ3) is 2.59. The van der Waals surface area contributed by atoms with Crippen LogP contribution in [-0.2, 0) is 6.54 Å². The van der Waals surface area contributed by atoms with Crippen molar-refractivity contribution in [2.24, 2.45) is 5.73 Å². The molecule has 0 spiro atoms. The van der Waals surface area contributed by atoms with Crippen molar-refractivity contribution in [2.45, 2.75) is 6.54 Å². The van der Waals surface area contributed by atoms with Crippen molar-refractivity contribution in [3.8, 4) is 22.6 Å². The third-order valence-electron chi connectivity index (χ3n) is 3.10. The van der Waals surface area contributed by atoms with E-state index in [-0.39, 0.29) is 0 Å². The summed E-state index contributed by atoms with van der Waals surface area (Å²) in [5, 5.41) is 4.77. The van der Waals surface area contributed by atoms with Gasteiger partial charge in [0, 0.05) is 28.8 Å². The van der Waals surface area contributed by atoms with Gasteiger partial charge in [-0.15, -0.1) is 0 Å². The van der Waals surface area contributed by atoms with Crippen molar-refractivity contribution in [2.75, 3.05) is 0 Å². The quantitative estimate of drug-likeness (QED) is 0.787. The Hall–Kier alpha value is -2.10. The number of aromatic nitrogens is 1. The molecule has 2 aromatic carbocycles. The molecule has 0 aliphatic carbocycles. The normalized spacial score (nSPS) is 10.7. The molecule has 100 valence electrons. The number of hydrogen-bond acceptors (Lipinski definition) is 3. The van der Waals surface area contributed by atoms with E-state index in [0.29, 0.717) is 17.3 Å². The second kappa shape index (κ2) is 5.49. The molecule has 0 amide bonds. The van der Waals surface area contributed by atoms with Crippen LogP contribution in [0.2, 0.25) is 5.02 Å². The summed E-state index contributed by atoms with van der Waals surface area (Å²) in [7, 11) is 0. The molecular formula is C16H13ClN2O. The van der Waals surface area contributed by atoms with Crippen molar-refractivity contribution in [1.82, 2.24) is 5.16 Å². The largest absolute Gasteiger partial charge is 0.356 e. The number of hydrogen-bond donors (Lipinski definition) is 1. The highest BCUT2D eigenvalue weighted by atomic mass is 35.5.